The molecule has 0 atom stereocenters. The van der Waals surface area contributed by atoms with Crippen LogP contribution in [0.2, 0.25) is 0 Å². The van der Waals surface area contributed by atoms with Crippen LogP contribution in [-0.2, 0) is 12.8 Å². The van der Waals surface area contributed by atoms with Gasteiger partial charge in [0.25, 0.3) is 0 Å². The number of hydrogen-bond acceptors (Lipinski definition) is 2. The smallest absolute Gasteiger partial charge is 0.0976 e. The fourth-order valence-electron chi connectivity index (χ4n) is 3.42. The number of rotatable bonds is 8. The predicted molar refractivity (Wildman–Crippen MR) is 119 cm³/mol. The molecule has 0 saturated heterocycles. The van der Waals surface area contributed by atoms with Crippen LogP contribution in [0.4, 0.5) is 0 Å². The summed E-state index contributed by atoms with van der Waals surface area (Å²) >= 11 is 7.63. The van der Waals surface area contributed by atoms with Crippen molar-refractivity contribution in [1.82, 2.24) is 9.97 Å². The monoisotopic (exact) mass is 476 g/mol. The van der Waals surface area contributed by atoms with Crippen molar-refractivity contribution in [3.05, 3.63) is 44.6 Å². The third kappa shape index (κ3) is 4.12. The van der Waals surface area contributed by atoms with Gasteiger partial charge in [-0.1, -0.05) is 51.7 Å². The third-order valence-electron chi connectivity index (χ3n) is 4.99. The molecule has 4 heteroatoms. The molecule has 0 radical (unpaired) electrons. The van der Waals surface area contributed by atoms with E-state index < -0.39 is 0 Å². The Balaban J connectivity index is 2.00. The van der Waals surface area contributed by atoms with E-state index in [1.165, 1.54) is 58.6 Å². The zero-order valence-corrected chi connectivity index (χ0v) is 18.8. The van der Waals surface area contributed by atoms with Gasteiger partial charge in [-0.2, -0.15) is 0 Å². The number of halogens is 2. The van der Waals surface area contributed by atoms with Gasteiger partial charge in [-0.05, 0) is 68.7 Å². The van der Waals surface area contributed by atoms with Crippen molar-refractivity contribution in [2.45, 2.75) is 65.2 Å². The molecule has 0 fully saturated rings. The van der Waals surface area contributed by atoms with Crippen molar-refractivity contribution in [1.29, 1.82) is 0 Å². The van der Waals surface area contributed by atoms with Crippen molar-refractivity contribution in [3.8, 4) is 0 Å². The highest BCUT2D eigenvalue weighted by Crippen LogP contribution is 2.35. The summed E-state index contributed by atoms with van der Waals surface area (Å²) in [5.74, 6) is 0. The summed E-state index contributed by atoms with van der Waals surface area (Å²) in [6, 6.07) is 4.36. The zero-order valence-electron chi connectivity index (χ0n) is 15.6. The second kappa shape index (κ2) is 9.27. The third-order valence-corrected chi connectivity index (χ3v) is 6.86. The molecule has 0 spiro atoms. The van der Waals surface area contributed by atoms with E-state index in [2.05, 4.69) is 57.8 Å². The van der Waals surface area contributed by atoms with Crippen LogP contribution in [0, 0.1) is 0 Å². The van der Waals surface area contributed by atoms with E-state index >= 15 is 0 Å². The molecular weight excluding hydrogens is 452 g/mol. The lowest BCUT2D eigenvalue weighted by Crippen LogP contribution is -1.95. The summed E-state index contributed by atoms with van der Waals surface area (Å²) in [5.41, 5.74) is 4.55. The second-order valence-electron chi connectivity index (χ2n) is 6.97. The highest BCUT2D eigenvalue weighted by molar-refractivity contribution is 9.11. The summed E-state index contributed by atoms with van der Waals surface area (Å²) in [7, 11) is 0. The maximum absolute atomic E-state index is 4.78. The van der Waals surface area contributed by atoms with Gasteiger partial charge < -0.3 is 0 Å². The molecular formula is C22H26Br2N2. The molecule has 0 saturated carbocycles. The van der Waals surface area contributed by atoms with Crippen LogP contribution < -0.4 is 0 Å². The number of aromatic nitrogens is 2. The molecule has 2 aromatic heterocycles. The topological polar surface area (TPSA) is 25.8 Å². The molecule has 2 heterocycles. The summed E-state index contributed by atoms with van der Waals surface area (Å²) in [6.45, 7) is 4.47. The zero-order chi connectivity index (χ0) is 18.5. The average Bonchev–Trinajstić information content (AvgIpc) is 2.65. The number of nitrogens with zero attached hydrogens (tertiary/aromatic N) is 2. The Morgan fingerprint density at radius 2 is 1.12 bits per heavy atom. The number of unbranched alkanes of at least 4 members (excludes halogenated alkanes) is 4. The minimum Gasteiger partial charge on any atom is -0.254 e. The number of benzene rings is 1. The molecule has 0 unspecified atom stereocenters. The molecule has 1 aromatic carbocycles. The Labute approximate surface area is 173 Å². The minimum atomic E-state index is 0.981. The summed E-state index contributed by atoms with van der Waals surface area (Å²) in [6.07, 6.45) is 13.6. The summed E-state index contributed by atoms with van der Waals surface area (Å²) in [5, 5.41) is 2.31. The molecule has 0 N–H and O–H groups in total. The minimum absolute atomic E-state index is 0.981. The Bertz CT molecular complexity index is 831. The first-order chi connectivity index (χ1) is 12.7. The molecule has 3 aromatic rings. The lowest BCUT2D eigenvalue weighted by Gasteiger charge is -2.12. The van der Waals surface area contributed by atoms with Crippen LogP contribution in [0.1, 0.15) is 63.5 Å². The standard InChI is InChI=1S/C22H26Br2N2/c1-3-5-7-9-15-13-25-21-17(19(15)23)11-12-18-20(24)16(10-8-6-4-2)14-26-22(18)21/h11-14H,3-10H2,1-2H3. The Kier molecular flexibility index (Phi) is 7.05. The van der Waals surface area contributed by atoms with Crippen molar-refractivity contribution < 1.29 is 0 Å². The first kappa shape index (κ1) is 19.8. The van der Waals surface area contributed by atoms with Gasteiger partial charge in [0.2, 0.25) is 0 Å². The molecule has 2 nitrogen and oxygen atoms in total. The Morgan fingerprint density at radius 1 is 0.692 bits per heavy atom. The van der Waals surface area contributed by atoms with E-state index in [4.69, 9.17) is 9.97 Å². The van der Waals surface area contributed by atoms with Crippen molar-refractivity contribution in [2.24, 2.45) is 0 Å². The molecule has 0 aliphatic rings. The van der Waals surface area contributed by atoms with Crippen LogP contribution in [0.3, 0.4) is 0 Å². The van der Waals surface area contributed by atoms with Gasteiger partial charge in [0.05, 0.1) is 11.0 Å². The van der Waals surface area contributed by atoms with Crippen molar-refractivity contribution in [3.63, 3.8) is 0 Å². The normalized spacial score (nSPS) is 11.5. The Hall–Kier alpha value is -1.00. The van der Waals surface area contributed by atoms with Crippen LogP contribution in [0.15, 0.2) is 33.5 Å². The fraction of sp³-hybridized carbons (Fsp3) is 0.455. The van der Waals surface area contributed by atoms with E-state index in [1.54, 1.807) is 0 Å². The van der Waals surface area contributed by atoms with Gasteiger partial charge in [-0.3, -0.25) is 9.97 Å². The Morgan fingerprint density at radius 3 is 1.50 bits per heavy atom. The van der Waals surface area contributed by atoms with Gasteiger partial charge in [0, 0.05) is 32.1 Å². The van der Waals surface area contributed by atoms with E-state index in [-0.39, 0.29) is 0 Å². The number of aryl methyl sites for hydroxylation is 2. The lowest BCUT2D eigenvalue weighted by atomic mass is 10.0. The molecule has 138 valence electrons. The average molecular weight is 478 g/mol. The number of pyridine rings is 2. The second-order valence-corrected chi connectivity index (χ2v) is 8.55. The molecule has 3 rings (SSSR count). The molecule has 26 heavy (non-hydrogen) atoms. The predicted octanol–water partition coefficient (Wildman–Crippen LogP) is 7.77. The summed E-state index contributed by atoms with van der Waals surface area (Å²) in [4.78, 5) is 9.56. The van der Waals surface area contributed by atoms with E-state index in [0.717, 1.165) is 34.6 Å². The summed E-state index contributed by atoms with van der Waals surface area (Å²) < 4.78 is 2.34. The molecule has 0 amide bonds. The van der Waals surface area contributed by atoms with E-state index in [1.807, 2.05) is 12.4 Å². The highest BCUT2D eigenvalue weighted by atomic mass is 79.9. The van der Waals surface area contributed by atoms with E-state index in [0.29, 0.717) is 0 Å². The van der Waals surface area contributed by atoms with E-state index in [9.17, 15) is 0 Å². The quantitative estimate of drug-likeness (QED) is 0.244. The van der Waals surface area contributed by atoms with Gasteiger partial charge in [-0.25, -0.2) is 0 Å². The van der Waals surface area contributed by atoms with Gasteiger partial charge in [-0.15, -0.1) is 0 Å². The van der Waals surface area contributed by atoms with Gasteiger partial charge in [0.1, 0.15) is 0 Å². The molecule has 0 bridgehead atoms. The van der Waals surface area contributed by atoms with Gasteiger partial charge in [0.15, 0.2) is 0 Å². The fourth-order valence-corrected chi connectivity index (χ4v) is 4.66. The molecule has 0 aliphatic carbocycles. The van der Waals surface area contributed by atoms with Crippen LogP contribution >= 0.6 is 31.9 Å². The number of fused-ring (bicyclic) bond motifs is 3. The van der Waals surface area contributed by atoms with Crippen molar-refractivity contribution >= 4 is 53.7 Å². The SMILES string of the molecule is CCCCCc1cnc2c(ccc3c(Br)c(CCCCC)cnc32)c1Br. The maximum atomic E-state index is 4.78. The highest BCUT2D eigenvalue weighted by Gasteiger charge is 2.13. The largest absolute Gasteiger partial charge is 0.254 e. The van der Waals surface area contributed by atoms with Gasteiger partial charge >= 0.3 is 0 Å². The molecule has 0 aliphatic heterocycles. The first-order valence-electron chi connectivity index (χ1n) is 9.70. The van der Waals surface area contributed by atoms with Crippen LogP contribution in [0.5, 0.6) is 0 Å². The number of hydrogen-bond donors (Lipinski definition) is 0. The lowest BCUT2D eigenvalue weighted by molar-refractivity contribution is 0.715. The van der Waals surface area contributed by atoms with Crippen molar-refractivity contribution in [2.75, 3.05) is 0 Å². The first-order valence-corrected chi connectivity index (χ1v) is 11.3. The maximum Gasteiger partial charge on any atom is 0.0976 e. The van der Waals surface area contributed by atoms with Crippen LogP contribution in [-0.4, -0.2) is 9.97 Å². The van der Waals surface area contributed by atoms with Crippen LogP contribution in [0.25, 0.3) is 21.8 Å².